The average molecular weight is 488 g/mol. The van der Waals surface area contributed by atoms with Crippen molar-refractivity contribution in [2.24, 2.45) is 0 Å². The normalized spacial score (nSPS) is 14.9. The summed E-state index contributed by atoms with van der Waals surface area (Å²) in [5.41, 5.74) is 2.61. The molecule has 0 amide bonds. The monoisotopic (exact) mass is 487 g/mol. The van der Waals surface area contributed by atoms with Crippen LogP contribution in [-0.2, 0) is 6.67 Å². The zero-order valence-corrected chi connectivity index (χ0v) is 19.3. The van der Waals surface area contributed by atoms with Gasteiger partial charge in [-0.15, -0.1) is 0 Å². The van der Waals surface area contributed by atoms with E-state index in [4.69, 9.17) is 39.8 Å². The molecular weight excluding hydrogens is 469 g/mol. The number of rotatable bonds is 4. The van der Waals surface area contributed by atoms with Crippen LogP contribution in [0.5, 0.6) is 0 Å². The van der Waals surface area contributed by atoms with Gasteiger partial charge in [0, 0.05) is 37.3 Å². The molecule has 2 aromatic carbocycles. The molecule has 1 saturated heterocycles. The molecule has 0 N–H and O–H groups in total. The van der Waals surface area contributed by atoms with Crippen molar-refractivity contribution in [1.82, 2.24) is 19.2 Å². The fourth-order valence-corrected chi connectivity index (χ4v) is 4.56. The van der Waals surface area contributed by atoms with Gasteiger partial charge in [0.2, 0.25) is 0 Å². The number of aromatic nitrogens is 3. The highest BCUT2D eigenvalue weighted by Crippen LogP contribution is 2.25. The van der Waals surface area contributed by atoms with E-state index < -0.39 is 0 Å². The minimum atomic E-state index is -0.326. The number of hydrogen-bond acceptors (Lipinski definition) is 6. The topological polar surface area (TPSA) is 59.4 Å². The standard InChI is InChI=1S/C22H19Cl2N5O2S/c23-15-6-7-17-19(12-15)31-22(32)28(17)14-26-8-10-27(11-9-26)18-13-25-29(21(30)20(18)24)16-4-2-1-3-5-16/h1-7,12-13H,8-11,14H2. The van der Waals surface area contributed by atoms with Gasteiger partial charge in [-0.25, -0.2) is 0 Å². The van der Waals surface area contributed by atoms with Crippen LogP contribution < -0.4 is 10.5 Å². The van der Waals surface area contributed by atoms with Crippen LogP contribution >= 0.6 is 35.4 Å². The summed E-state index contributed by atoms with van der Waals surface area (Å²) in [6.07, 6.45) is 1.66. The highest BCUT2D eigenvalue weighted by atomic mass is 35.5. The third-order valence-electron chi connectivity index (χ3n) is 5.59. The molecule has 32 heavy (non-hydrogen) atoms. The van der Waals surface area contributed by atoms with Gasteiger partial charge in [-0.3, -0.25) is 14.3 Å². The Morgan fingerprint density at radius 2 is 1.78 bits per heavy atom. The molecule has 0 saturated carbocycles. The van der Waals surface area contributed by atoms with Crippen molar-refractivity contribution in [1.29, 1.82) is 0 Å². The molecule has 7 nitrogen and oxygen atoms in total. The van der Waals surface area contributed by atoms with Crippen LogP contribution in [0.1, 0.15) is 0 Å². The van der Waals surface area contributed by atoms with Crippen molar-refractivity contribution in [2.75, 3.05) is 31.1 Å². The molecule has 0 spiro atoms. The van der Waals surface area contributed by atoms with Gasteiger partial charge in [0.1, 0.15) is 5.02 Å². The first kappa shape index (κ1) is 21.2. The predicted octanol–water partition coefficient (Wildman–Crippen LogP) is 4.60. The van der Waals surface area contributed by atoms with Gasteiger partial charge in [-0.1, -0.05) is 41.4 Å². The fraction of sp³-hybridized carbons (Fsp3) is 0.227. The van der Waals surface area contributed by atoms with E-state index in [1.165, 1.54) is 4.68 Å². The Labute approximate surface area is 199 Å². The van der Waals surface area contributed by atoms with Gasteiger partial charge in [0.25, 0.3) is 10.4 Å². The van der Waals surface area contributed by atoms with Crippen LogP contribution in [0, 0.1) is 4.84 Å². The lowest BCUT2D eigenvalue weighted by Gasteiger charge is -2.36. The van der Waals surface area contributed by atoms with Crippen molar-refractivity contribution in [3.8, 4) is 5.69 Å². The summed E-state index contributed by atoms with van der Waals surface area (Å²) in [5, 5.41) is 5.13. The van der Waals surface area contributed by atoms with Gasteiger partial charge in [0.05, 0.1) is 29.8 Å². The molecule has 1 fully saturated rings. The number of fused-ring (bicyclic) bond motifs is 1. The summed E-state index contributed by atoms with van der Waals surface area (Å²) in [6, 6.07) is 14.8. The van der Waals surface area contributed by atoms with Crippen LogP contribution in [0.3, 0.4) is 0 Å². The van der Waals surface area contributed by atoms with Gasteiger partial charge in [-0.05, 0) is 36.5 Å². The molecule has 1 aliphatic heterocycles. The molecule has 5 rings (SSSR count). The largest absolute Gasteiger partial charge is 0.429 e. The predicted molar refractivity (Wildman–Crippen MR) is 129 cm³/mol. The Bertz CT molecular complexity index is 1390. The van der Waals surface area contributed by atoms with Gasteiger partial charge in [0.15, 0.2) is 5.58 Å². The van der Waals surface area contributed by atoms with Crippen molar-refractivity contribution in [3.63, 3.8) is 0 Å². The first-order valence-electron chi connectivity index (χ1n) is 10.1. The molecule has 4 aromatic rings. The Hall–Kier alpha value is -2.65. The molecule has 0 atom stereocenters. The summed E-state index contributed by atoms with van der Waals surface area (Å²) in [4.78, 5) is 17.6. The molecule has 0 radical (unpaired) electrons. The molecular formula is C22H19Cl2N5O2S. The summed E-state index contributed by atoms with van der Waals surface area (Å²) < 4.78 is 8.97. The molecule has 1 aliphatic rings. The summed E-state index contributed by atoms with van der Waals surface area (Å²) in [7, 11) is 0. The third-order valence-corrected chi connectivity index (χ3v) is 6.48. The Balaban J connectivity index is 1.31. The van der Waals surface area contributed by atoms with Crippen LogP contribution in [0.2, 0.25) is 10.0 Å². The number of piperazine rings is 1. The SMILES string of the molecule is O=c1c(Cl)c(N2CCN(Cn3c(=S)oc4cc(Cl)ccc43)CC2)cnn1-c1ccccc1. The minimum Gasteiger partial charge on any atom is -0.429 e. The maximum atomic E-state index is 12.8. The highest BCUT2D eigenvalue weighted by Gasteiger charge is 2.22. The second-order valence-corrected chi connectivity index (χ2v) is 8.71. The summed E-state index contributed by atoms with van der Waals surface area (Å²) in [6.45, 7) is 3.60. The van der Waals surface area contributed by atoms with Crippen molar-refractivity contribution in [3.05, 3.63) is 80.0 Å². The van der Waals surface area contributed by atoms with Crippen LogP contribution in [0.4, 0.5) is 5.69 Å². The molecule has 164 valence electrons. The van der Waals surface area contributed by atoms with Gasteiger partial charge < -0.3 is 9.32 Å². The molecule has 2 aromatic heterocycles. The number of benzene rings is 2. The lowest BCUT2D eigenvalue weighted by atomic mass is 10.3. The van der Waals surface area contributed by atoms with E-state index in [0.717, 1.165) is 18.6 Å². The van der Waals surface area contributed by atoms with E-state index in [0.29, 0.717) is 46.6 Å². The van der Waals surface area contributed by atoms with E-state index in [2.05, 4.69) is 14.9 Å². The van der Waals surface area contributed by atoms with E-state index in [9.17, 15) is 4.79 Å². The van der Waals surface area contributed by atoms with Crippen LogP contribution in [0.25, 0.3) is 16.8 Å². The van der Waals surface area contributed by atoms with Gasteiger partial charge >= 0.3 is 0 Å². The quantitative estimate of drug-likeness (QED) is 0.392. The second-order valence-electron chi connectivity index (χ2n) is 7.55. The van der Waals surface area contributed by atoms with E-state index in [1.54, 1.807) is 12.3 Å². The second kappa shape index (κ2) is 8.71. The number of oxazole rings is 1. The molecule has 0 bridgehead atoms. The first-order chi connectivity index (χ1) is 15.5. The molecule has 3 heterocycles. The lowest BCUT2D eigenvalue weighted by Crippen LogP contribution is -2.47. The highest BCUT2D eigenvalue weighted by molar-refractivity contribution is 7.71. The Kier molecular flexibility index (Phi) is 5.77. The van der Waals surface area contributed by atoms with Gasteiger partial charge in [-0.2, -0.15) is 9.78 Å². The number of para-hydroxylation sites is 1. The number of anilines is 1. The van der Waals surface area contributed by atoms with Crippen molar-refractivity contribution >= 4 is 52.2 Å². The zero-order chi connectivity index (χ0) is 22.2. The Morgan fingerprint density at radius 3 is 2.53 bits per heavy atom. The third kappa shape index (κ3) is 3.95. The van der Waals surface area contributed by atoms with Crippen molar-refractivity contribution in [2.45, 2.75) is 6.67 Å². The van der Waals surface area contributed by atoms with E-state index in [-0.39, 0.29) is 10.6 Å². The molecule has 0 unspecified atom stereocenters. The van der Waals surface area contributed by atoms with E-state index >= 15 is 0 Å². The lowest BCUT2D eigenvalue weighted by molar-refractivity contribution is 0.204. The van der Waals surface area contributed by atoms with Crippen LogP contribution in [0.15, 0.2) is 63.9 Å². The van der Waals surface area contributed by atoms with Crippen molar-refractivity contribution < 1.29 is 4.42 Å². The van der Waals surface area contributed by atoms with E-state index in [1.807, 2.05) is 47.0 Å². The molecule has 10 heteroatoms. The minimum absolute atomic E-state index is 0.178. The number of nitrogens with zero attached hydrogens (tertiary/aromatic N) is 5. The summed E-state index contributed by atoms with van der Waals surface area (Å²) >= 11 is 17.9. The smallest absolute Gasteiger partial charge is 0.292 e. The maximum Gasteiger partial charge on any atom is 0.292 e. The zero-order valence-electron chi connectivity index (χ0n) is 16.9. The number of hydrogen-bond donors (Lipinski definition) is 0. The number of halogens is 2. The first-order valence-corrected chi connectivity index (χ1v) is 11.3. The molecule has 0 aliphatic carbocycles. The van der Waals surface area contributed by atoms with Crippen LogP contribution in [-0.4, -0.2) is 45.4 Å². The fourth-order valence-electron chi connectivity index (χ4n) is 3.90. The summed E-state index contributed by atoms with van der Waals surface area (Å²) in [5.74, 6) is 0. The average Bonchev–Trinajstić information content (AvgIpc) is 3.11. The Morgan fingerprint density at radius 1 is 1.03 bits per heavy atom. The maximum absolute atomic E-state index is 12.8.